The van der Waals surface area contributed by atoms with Gasteiger partial charge in [-0.25, -0.2) is 4.79 Å². The summed E-state index contributed by atoms with van der Waals surface area (Å²) in [7, 11) is 0. The molecule has 4 heteroatoms. The molecule has 0 N–H and O–H groups in total. The van der Waals surface area contributed by atoms with Crippen LogP contribution in [0.4, 0.5) is 0 Å². The van der Waals surface area contributed by atoms with Crippen LogP contribution in [0.25, 0.3) is 0 Å². The SMILES string of the molecule is CCOC(=O)c1c(CCC=O)cccc1OCC. The van der Waals surface area contributed by atoms with E-state index in [1.807, 2.05) is 19.1 Å². The fourth-order valence-corrected chi connectivity index (χ4v) is 1.71. The molecule has 0 spiro atoms. The number of esters is 1. The van der Waals surface area contributed by atoms with Crippen molar-refractivity contribution in [3.05, 3.63) is 29.3 Å². The normalized spacial score (nSPS) is 9.89. The van der Waals surface area contributed by atoms with Crippen molar-refractivity contribution in [1.29, 1.82) is 0 Å². The largest absolute Gasteiger partial charge is 0.493 e. The third-order valence-corrected chi connectivity index (χ3v) is 2.42. The molecule has 1 aromatic rings. The highest BCUT2D eigenvalue weighted by atomic mass is 16.5. The Hall–Kier alpha value is -1.84. The van der Waals surface area contributed by atoms with Crippen LogP contribution in [-0.4, -0.2) is 25.5 Å². The van der Waals surface area contributed by atoms with E-state index in [1.54, 1.807) is 13.0 Å². The van der Waals surface area contributed by atoms with Crippen LogP contribution in [-0.2, 0) is 16.0 Å². The van der Waals surface area contributed by atoms with Gasteiger partial charge in [-0.3, -0.25) is 0 Å². The number of rotatable bonds is 7. The smallest absolute Gasteiger partial charge is 0.342 e. The Morgan fingerprint density at radius 3 is 2.67 bits per heavy atom. The van der Waals surface area contributed by atoms with Crippen LogP contribution in [0.3, 0.4) is 0 Å². The van der Waals surface area contributed by atoms with Gasteiger partial charge < -0.3 is 14.3 Å². The monoisotopic (exact) mass is 250 g/mol. The first-order valence-electron chi connectivity index (χ1n) is 6.10. The van der Waals surface area contributed by atoms with Crippen molar-refractivity contribution in [2.45, 2.75) is 26.7 Å². The Bertz CT molecular complexity index is 412. The summed E-state index contributed by atoms with van der Waals surface area (Å²) in [4.78, 5) is 22.4. The van der Waals surface area contributed by atoms with E-state index >= 15 is 0 Å². The quantitative estimate of drug-likeness (QED) is 0.550. The van der Waals surface area contributed by atoms with Crippen molar-refractivity contribution in [3.8, 4) is 5.75 Å². The van der Waals surface area contributed by atoms with E-state index in [-0.39, 0.29) is 0 Å². The zero-order valence-electron chi connectivity index (χ0n) is 10.8. The number of carbonyl (C=O) groups excluding carboxylic acids is 2. The van der Waals surface area contributed by atoms with E-state index in [1.165, 1.54) is 0 Å². The molecular formula is C14H18O4. The number of aryl methyl sites for hydroxylation is 1. The molecule has 0 amide bonds. The summed E-state index contributed by atoms with van der Waals surface area (Å²) in [5, 5.41) is 0. The van der Waals surface area contributed by atoms with Gasteiger partial charge in [0, 0.05) is 6.42 Å². The molecular weight excluding hydrogens is 232 g/mol. The van der Waals surface area contributed by atoms with Gasteiger partial charge in [-0.2, -0.15) is 0 Å². The highest BCUT2D eigenvalue weighted by Crippen LogP contribution is 2.24. The van der Waals surface area contributed by atoms with Gasteiger partial charge in [0.25, 0.3) is 0 Å². The third-order valence-electron chi connectivity index (χ3n) is 2.42. The van der Waals surface area contributed by atoms with Gasteiger partial charge >= 0.3 is 5.97 Å². The zero-order chi connectivity index (χ0) is 13.4. The van der Waals surface area contributed by atoms with Gasteiger partial charge in [-0.1, -0.05) is 12.1 Å². The number of aldehydes is 1. The van der Waals surface area contributed by atoms with Crippen LogP contribution in [0.2, 0.25) is 0 Å². The number of hydrogen-bond acceptors (Lipinski definition) is 4. The number of hydrogen-bond donors (Lipinski definition) is 0. The summed E-state index contributed by atoms with van der Waals surface area (Å²) < 4.78 is 10.5. The molecule has 1 rings (SSSR count). The molecule has 0 aliphatic rings. The lowest BCUT2D eigenvalue weighted by atomic mass is 10.0. The molecule has 18 heavy (non-hydrogen) atoms. The predicted octanol–water partition coefficient (Wildman–Crippen LogP) is 2.39. The molecule has 0 atom stereocenters. The van der Waals surface area contributed by atoms with Crippen molar-refractivity contribution >= 4 is 12.3 Å². The van der Waals surface area contributed by atoms with Crippen LogP contribution < -0.4 is 4.74 Å². The van der Waals surface area contributed by atoms with Crippen LogP contribution in [0.5, 0.6) is 5.75 Å². The molecule has 1 aromatic carbocycles. The van der Waals surface area contributed by atoms with Crippen LogP contribution in [0, 0.1) is 0 Å². The lowest BCUT2D eigenvalue weighted by Gasteiger charge is -2.13. The molecule has 4 nitrogen and oxygen atoms in total. The summed E-state index contributed by atoms with van der Waals surface area (Å²) >= 11 is 0. The summed E-state index contributed by atoms with van der Waals surface area (Å²) in [6.07, 6.45) is 1.73. The molecule has 0 aliphatic heterocycles. The van der Waals surface area contributed by atoms with Crippen LogP contribution in [0.15, 0.2) is 18.2 Å². The minimum absolute atomic E-state index is 0.312. The fraction of sp³-hybridized carbons (Fsp3) is 0.429. The van der Waals surface area contributed by atoms with Crippen LogP contribution in [0.1, 0.15) is 36.2 Å². The first-order valence-corrected chi connectivity index (χ1v) is 6.10. The fourth-order valence-electron chi connectivity index (χ4n) is 1.71. The molecule has 0 bridgehead atoms. The Morgan fingerprint density at radius 2 is 2.06 bits per heavy atom. The van der Waals surface area contributed by atoms with Crippen LogP contribution >= 0.6 is 0 Å². The van der Waals surface area contributed by atoms with Crippen molar-refractivity contribution in [3.63, 3.8) is 0 Å². The minimum atomic E-state index is -0.401. The molecule has 0 saturated carbocycles. The molecule has 0 radical (unpaired) electrons. The first-order chi connectivity index (χ1) is 8.74. The number of benzene rings is 1. The van der Waals surface area contributed by atoms with E-state index in [2.05, 4.69) is 0 Å². The van der Waals surface area contributed by atoms with Gasteiger partial charge in [-0.05, 0) is 31.9 Å². The van der Waals surface area contributed by atoms with E-state index in [0.717, 1.165) is 11.8 Å². The molecule has 98 valence electrons. The maximum Gasteiger partial charge on any atom is 0.342 e. The van der Waals surface area contributed by atoms with Gasteiger partial charge in [0.15, 0.2) is 0 Å². The van der Waals surface area contributed by atoms with E-state index in [9.17, 15) is 9.59 Å². The van der Waals surface area contributed by atoms with Crippen molar-refractivity contribution in [1.82, 2.24) is 0 Å². The summed E-state index contributed by atoms with van der Waals surface area (Å²) in [5.41, 5.74) is 1.22. The van der Waals surface area contributed by atoms with E-state index < -0.39 is 5.97 Å². The van der Waals surface area contributed by atoms with Crippen molar-refractivity contribution in [2.75, 3.05) is 13.2 Å². The Morgan fingerprint density at radius 1 is 1.28 bits per heavy atom. The highest BCUT2D eigenvalue weighted by Gasteiger charge is 2.18. The summed E-state index contributed by atoms with van der Waals surface area (Å²) in [6.45, 7) is 4.40. The predicted molar refractivity (Wildman–Crippen MR) is 68.0 cm³/mol. The topological polar surface area (TPSA) is 52.6 Å². The average molecular weight is 250 g/mol. The second-order valence-electron chi connectivity index (χ2n) is 3.65. The van der Waals surface area contributed by atoms with Crippen molar-refractivity contribution in [2.24, 2.45) is 0 Å². The maximum atomic E-state index is 11.9. The lowest BCUT2D eigenvalue weighted by Crippen LogP contribution is -2.11. The van der Waals surface area contributed by atoms with Gasteiger partial charge in [0.05, 0.1) is 13.2 Å². The van der Waals surface area contributed by atoms with Crippen molar-refractivity contribution < 1.29 is 19.1 Å². The average Bonchev–Trinajstić information content (AvgIpc) is 2.37. The molecule has 0 fully saturated rings. The zero-order valence-corrected chi connectivity index (χ0v) is 10.8. The van der Waals surface area contributed by atoms with Gasteiger partial charge in [-0.15, -0.1) is 0 Å². The first kappa shape index (κ1) is 14.2. The number of carbonyl (C=O) groups is 2. The molecule has 0 unspecified atom stereocenters. The second-order valence-corrected chi connectivity index (χ2v) is 3.65. The maximum absolute atomic E-state index is 11.9. The summed E-state index contributed by atoms with van der Waals surface area (Å²) in [5.74, 6) is 0.113. The van der Waals surface area contributed by atoms with Gasteiger partial charge in [0.1, 0.15) is 17.6 Å². The molecule has 0 aliphatic carbocycles. The molecule has 0 heterocycles. The Kier molecular flexibility index (Phi) is 5.91. The molecule has 0 aromatic heterocycles. The standard InChI is InChI=1S/C14H18O4/c1-3-17-12-9-5-7-11(8-6-10-15)13(12)14(16)18-4-2/h5,7,9-10H,3-4,6,8H2,1-2H3. The third kappa shape index (κ3) is 3.58. The molecule has 0 saturated heterocycles. The van der Waals surface area contributed by atoms with E-state index in [0.29, 0.717) is 37.4 Å². The Labute approximate surface area is 107 Å². The highest BCUT2D eigenvalue weighted by molar-refractivity contribution is 5.94. The van der Waals surface area contributed by atoms with Gasteiger partial charge in [0.2, 0.25) is 0 Å². The lowest BCUT2D eigenvalue weighted by molar-refractivity contribution is -0.107. The minimum Gasteiger partial charge on any atom is -0.493 e. The Balaban J connectivity index is 3.11. The van der Waals surface area contributed by atoms with E-state index in [4.69, 9.17) is 9.47 Å². The second kappa shape index (κ2) is 7.48. The number of ether oxygens (including phenoxy) is 2. The summed E-state index contributed by atoms with van der Waals surface area (Å²) in [6, 6.07) is 5.37.